The fourth-order valence-corrected chi connectivity index (χ4v) is 3.41. The summed E-state index contributed by atoms with van der Waals surface area (Å²) in [6.07, 6.45) is 0. The van der Waals surface area contributed by atoms with E-state index in [4.69, 9.17) is 8.83 Å². The van der Waals surface area contributed by atoms with E-state index in [-0.39, 0.29) is 44.7 Å². The second-order valence-corrected chi connectivity index (χ2v) is 7.26. The molecule has 5 rings (SSSR count). The average molecular weight is 456 g/mol. The minimum absolute atomic E-state index is 0.0182. The minimum Gasteiger partial charge on any atom is -0.478 e. The third-order valence-corrected chi connectivity index (χ3v) is 5.13. The van der Waals surface area contributed by atoms with Gasteiger partial charge in [0.2, 0.25) is 11.8 Å². The van der Waals surface area contributed by atoms with Crippen LogP contribution in [0.25, 0.3) is 44.7 Å². The van der Waals surface area contributed by atoms with E-state index in [0.717, 1.165) is 0 Å². The van der Waals surface area contributed by atoms with Crippen LogP contribution in [0.3, 0.4) is 0 Å². The molecule has 0 saturated heterocycles. The fraction of sp³-hybridized carbons (Fsp3) is 0. The monoisotopic (exact) mass is 456 g/mol. The first-order valence-electron chi connectivity index (χ1n) is 9.77. The van der Waals surface area contributed by atoms with Gasteiger partial charge in [-0.15, -0.1) is 0 Å². The highest BCUT2D eigenvalue weighted by Crippen LogP contribution is 2.24. The standard InChI is InChI=1S/C24H12N2O8/c27-21(28)13-5-7-15-17(9-13)25-19(33-23(15)31)11-1-2-12(4-3-11)20-26-18-10-14(22(29)30)6-8-16(18)24(32)34-20/h1-10H,(H,27,28)(H,29,30). The van der Waals surface area contributed by atoms with Crippen molar-refractivity contribution in [1.29, 1.82) is 0 Å². The zero-order valence-corrected chi connectivity index (χ0v) is 17.0. The Hall–Kier alpha value is -5.12. The number of aromatic carboxylic acids is 2. The molecule has 34 heavy (non-hydrogen) atoms. The Labute approximate surface area is 188 Å². The van der Waals surface area contributed by atoms with Gasteiger partial charge in [-0.2, -0.15) is 0 Å². The lowest BCUT2D eigenvalue weighted by Crippen LogP contribution is -2.05. The molecular weight excluding hydrogens is 444 g/mol. The van der Waals surface area contributed by atoms with E-state index < -0.39 is 23.2 Å². The third kappa shape index (κ3) is 3.58. The smallest absolute Gasteiger partial charge is 0.347 e. The van der Waals surface area contributed by atoms with Gasteiger partial charge in [-0.25, -0.2) is 29.1 Å². The van der Waals surface area contributed by atoms with Crippen LogP contribution in [-0.4, -0.2) is 32.1 Å². The molecule has 0 fully saturated rings. The van der Waals surface area contributed by atoms with Gasteiger partial charge in [0.1, 0.15) is 0 Å². The van der Waals surface area contributed by atoms with Crippen molar-refractivity contribution >= 4 is 33.7 Å². The van der Waals surface area contributed by atoms with Crippen LogP contribution in [0.15, 0.2) is 79.1 Å². The van der Waals surface area contributed by atoms with Gasteiger partial charge >= 0.3 is 23.2 Å². The molecular formula is C24H12N2O8. The molecule has 166 valence electrons. The molecule has 0 radical (unpaired) electrons. The van der Waals surface area contributed by atoms with E-state index in [1.165, 1.54) is 36.4 Å². The second kappa shape index (κ2) is 7.78. The molecule has 3 aromatic carbocycles. The van der Waals surface area contributed by atoms with Crippen LogP contribution in [0.1, 0.15) is 20.7 Å². The van der Waals surface area contributed by atoms with Gasteiger partial charge in [0, 0.05) is 11.1 Å². The van der Waals surface area contributed by atoms with Gasteiger partial charge in [-0.05, 0) is 60.7 Å². The summed E-state index contributed by atoms with van der Waals surface area (Å²) in [6.45, 7) is 0. The Morgan fingerprint density at radius 3 is 1.35 bits per heavy atom. The van der Waals surface area contributed by atoms with Gasteiger partial charge < -0.3 is 19.0 Å². The Kier molecular flexibility index (Phi) is 4.75. The van der Waals surface area contributed by atoms with Gasteiger partial charge in [0.15, 0.2) is 0 Å². The quantitative estimate of drug-likeness (QED) is 0.410. The number of benzene rings is 3. The Balaban J connectivity index is 1.56. The molecule has 0 saturated carbocycles. The molecule has 2 aromatic heterocycles. The van der Waals surface area contributed by atoms with Crippen LogP contribution in [0.5, 0.6) is 0 Å². The number of hydrogen-bond acceptors (Lipinski definition) is 8. The number of carboxylic acid groups (broad SMARTS) is 2. The lowest BCUT2D eigenvalue weighted by molar-refractivity contribution is 0.0686. The van der Waals surface area contributed by atoms with E-state index in [0.29, 0.717) is 11.1 Å². The van der Waals surface area contributed by atoms with Crippen LogP contribution in [0, 0.1) is 0 Å². The lowest BCUT2D eigenvalue weighted by Gasteiger charge is -2.05. The number of nitrogens with zero attached hydrogens (tertiary/aromatic N) is 2. The molecule has 5 aromatic rings. The predicted octanol–water partition coefficient (Wildman–Crippen LogP) is 3.42. The number of rotatable bonds is 4. The summed E-state index contributed by atoms with van der Waals surface area (Å²) < 4.78 is 10.6. The second-order valence-electron chi connectivity index (χ2n) is 7.26. The molecule has 0 spiro atoms. The molecule has 0 aliphatic carbocycles. The van der Waals surface area contributed by atoms with Gasteiger partial charge in [-0.3, -0.25) is 0 Å². The van der Waals surface area contributed by atoms with Crippen molar-refractivity contribution in [1.82, 2.24) is 9.97 Å². The van der Waals surface area contributed by atoms with Gasteiger partial charge in [0.25, 0.3) is 0 Å². The van der Waals surface area contributed by atoms with Crippen molar-refractivity contribution in [2.45, 2.75) is 0 Å². The molecule has 2 N–H and O–H groups in total. The van der Waals surface area contributed by atoms with Crippen LogP contribution in [0.4, 0.5) is 0 Å². The normalized spacial score (nSPS) is 11.1. The van der Waals surface area contributed by atoms with E-state index in [2.05, 4.69) is 9.97 Å². The van der Waals surface area contributed by atoms with Gasteiger partial charge in [0.05, 0.1) is 32.9 Å². The first-order valence-corrected chi connectivity index (χ1v) is 9.77. The number of fused-ring (bicyclic) bond motifs is 2. The maximum absolute atomic E-state index is 12.3. The number of aromatic nitrogens is 2. The van der Waals surface area contributed by atoms with E-state index in [1.54, 1.807) is 24.3 Å². The van der Waals surface area contributed by atoms with Crippen LogP contribution in [0.2, 0.25) is 0 Å². The zero-order valence-electron chi connectivity index (χ0n) is 17.0. The largest absolute Gasteiger partial charge is 0.478 e. The maximum Gasteiger partial charge on any atom is 0.347 e. The van der Waals surface area contributed by atoms with Gasteiger partial charge in [-0.1, -0.05) is 0 Å². The van der Waals surface area contributed by atoms with E-state index >= 15 is 0 Å². The molecule has 0 aliphatic heterocycles. The zero-order chi connectivity index (χ0) is 24.0. The SMILES string of the molecule is O=C(O)c1ccc2c(=O)oc(-c3ccc(-c4nc5cc(C(=O)O)ccc5c(=O)o4)cc3)nc2c1. The average Bonchev–Trinajstić information content (AvgIpc) is 2.83. The van der Waals surface area contributed by atoms with Crippen LogP contribution < -0.4 is 11.3 Å². The lowest BCUT2D eigenvalue weighted by atomic mass is 10.1. The molecule has 0 atom stereocenters. The van der Waals surface area contributed by atoms with Crippen LogP contribution in [-0.2, 0) is 0 Å². The molecule has 0 bridgehead atoms. The summed E-state index contributed by atoms with van der Waals surface area (Å²) in [4.78, 5) is 55.6. The molecule has 10 nitrogen and oxygen atoms in total. The number of carbonyl (C=O) groups is 2. The molecule has 0 aliphatic rings. The van der Waals surface area contributed by atoms with E-state index in [9.17, 15) is 29.4 Å². The first kappa shape index (κ1) is 20.8. The summed E-state index contributed by atoms with van der Waals surface area (Å²) in [6, 6.07) is 14.1. The van der Waals surface area contributed by atoms with Crippen molar-refractivity contribution in [3.63, 3.8) is 0 Å². The third-order valence-electron chi connectivity index (χ3n) is 5.13. The summed E-state index contributed by atoms with van der Waals surface area (Å²) >= 11 is 0. The molecule has 0 unspecified atom stereocenters. The summed E-state index contributed by atoms with van der Waals surface area (Å²) in [5.41, 5.74) is -0.196. The number of carboxylic acids is 2. The topological polar surface area (TPSA) is 161 Å². The van der Waals surface area contributed by atoms with Crippen molar-refractivity contribution in [3.05, 3.63) is 92.6 Å². The van der Waals surface area contributed by atoms with E-state index in [1.807, 2.05) is 0 Å². The minimum atomic E-state index is -1.15. The highest BCUT2D eigenvalue weighted by Gasteiger charge is 2.14. The highest BCUT2D eigenvalue weighted by molar-refractivity contribution is 5.93. The summed E-state index contributed by atoms with van der Waals surface area (Å²) in [5.74, 6) is -2.35. The maximum atomic E-state index is 12.3. The highest BCUT2D eigenvalue weighted by atomic mass is 16.4. The molecule has 10 heteroatoms. The Morgan fingerprint density at radius 2 is 1.00 bits per heavy atom. The summed E-state index contributed by atoms with van der Waals surface area (Å²) in [5, 5.41) is 18.6. The number of hydrogen-bond donors (Lipinski definition) is 2. The van der Waals surface area contributed by atoms with Crippen molar-refractivity contribution in [2.24, 2.45) is 0 Å². The Morgan fingerprint density at radius 1 is 0.618 bits per heavy atom. The van der Waals surface area contributed by atoms with Crippen molar-refractivity contribution in [3.8, 4) is 22.9 Å². The first-order chi connectivity index (χ1) is 16.3. The molecule has 2 heterocycles. The summed E-state index contributed by atoms with van der Waals surface area (Å²) in [7, 11) is 0. The van der Waals surface area contributed by atoms with Crippen molar-refractivity contribution < 1.29 is 28.6 Å². The fourth-order valence-electron chi connectivity index (χ4n) is 3.41. The Bertz CT molecular complexity index is 1620. The molecule has 0 amide bonds. The van der Waals surface area contributed by atoms with Crippen molar-refractivity contribution in [2.75, 3.05) is 0 Å². The van der Waals surface area contributed by atoms with Crippen LogP contribution >= 0.6 is 0 Å². The predicted molar refractivity (Wildman–Crippen MR) is 119 cm³/mol.